The Bertz CT molecular complexity index is 1390. The molecule has 10 nitrogen and oxygen atoms in total. The highest BCUT2D eigenvalue weighted by molar-refractivity contribution is 6.00. The fourth-order valence-electron chi connectivity index (χ4n) is 5.50. The number of nitrogens with one attached hydrogen (secondary N) is 2. The maximum absolute atomic E-state index is 12.9. The van der Waals surface area contributed by atoms with Crippen LogP contribution in [0.2, 0.25) is 0 Å². The summed E-state index contributed by atoms with van der Waals surface area (Å²) in [7, 11) is 3.30. The molecule has 10 heteroatoms. The Morgan fingerprint density at radius 2 is 0.920 bits per heavy atom. The Kier molecular flexibility index (Phi) is 15.6. The molecule has 0 bridgehead atoms. The molecule has 0 aromatic heterocycles. The van der Waals surface area contributed by atoms with Crippen molar-refractivity contribution < 1.29 is 28.7 Å². The summed E-state index contributed by atoms with van der Waals surface area (Å²) >= 11 is 0. The maximum atomic E-state index is 12.9. The third kappa shape index (κ3) is 11.2. The number of hydrogen-bond donors (Lipinski definition) is 2. The van der Waals surface area contributed by atoms with Crippen molar-refractivity contribution in [2.75, 3.05) is 14.1 Å². The summed E-state index contributed by atoms with van der Waals surface area (Å²) in [6, 6.07) is 13.4. The van der Waals surface area contributed by atoms with Gasteiger partial charge in [-0.15, -0.1) is 0 Å². The summed E-state index contributed by atoms with van der Waals surface area (Å²) < 4.78 is 12.0. The first-order valence-corrected chi connectivity index (χ1v) is 17.8. The third-order valence-electron chi connectivity index (χ3n) is 9.24. The Morgan fingerprint density at radius 3 is 1.28 bits per heavy atom. The van der Waals surface area contributed by atoms with E-state index in [2.05, 4.69) is 34.9 Å². The topological polar surface area (TPSA) is 117 Å². The molecule has 0 saturated carbocycles. The van der Waals surface area contributed by atoms with Gasteiger partial charge < -0.3 is 29.9 Å². The highest BCUT2D eigenvalue weighted by atomic mass is 16.5. The van der Waals surface area contributed by atoms with Crippen molar-refractivity contribution in [3.63, 3.8) is 0 Å². The Hall–Kier alpha value is -4.60. The smallest absolute Gasteiger partial charge is 0.258 e. The molecule has 2 N–H and O–H groups in total. The average molecular weight is 689 g/mol. The van der Waals surface area contributed by atoms with E-state index in [0.717, 1.165) is 38.5 Å². The quantitative estimate of drug-likeness (QED) is 0.357. The van der Waals surface area contributed by atoms with Crippen LogP contribution in [0.15, 0.2) is 72.8 Å². The lowest BCUT2D eigenvalue weighted by molar-refractivity contribution is -0.126. The minimum Gasteiger partial charge on any atom is -0.490 e. The number of benzene rings is 2. The minimum atomic E-state index is -0.557. The van der Waals surface area contributed by atoms with Crippen LogP contribution in [-0.4, -0.2) is 83.9 Å². The van der Waals surface area contributed by atoms with Crippen molar-refractivity contribution in [2.24, 2.45) is 0 Å². The molecule has 0 aliphatic carbocycles. The molecule has 0 fully saturated rings. The van der Waals surface area contributed by atoms with Crippen LogP contribution in [0.1, 0.15) is 101 Å². The number of carbonyl (C=O) groups is 4. The molecule has 0 unspecified atom stereocenters. The van der Waals surface area contributed by atoms with E-state index in [1.165, 1.54) is 9.80 Å². The van der Waals surface area contributed by atoms with Gasteiger partial charge in [0.1, 0.15) is 23.6 Å². The SMILES string of the molecule is CC[C@@H]1C/C=C/C[C@@H](C)Oc2ccccc2C(=O)N(C)[C@@H](C)C(=O)N1.CC[C@@H]1C/C=C\C[C@@H](C)Oc2ccccc2C(=O)N(C)[C@@H](C)C(=O)N1. The van der Waals surface area contributed by atoms with E-state index in [9.17, 15) is 19.2 Å². The van der Waals surface area contributed by atoms with E-state index in [-0.39, 0.29) is 47.9 Å². The van der Waals surface area contributed by atoms with E-state index >= 15 is 0 Å². The second-order valence-electron chi connectivity index (χ2n) is 13.1. The maximum Gasteiger partial charge on any atom is 0.258 e. The summed E-state index contributed by atoms with van der Waals surface area (Å²) in [5, 5.41) is 6.08. The molecule has 50 heavy (non-hydrogen) atoms. The van der Waals surface area contributed by atoms with Gasteiger partial charge in [0.25, 0.3) is 11.8 Å². The van der Waals surface area contributed by atoms with Gasteiger partial charge >= 0.3 is 0 Å². The molecule has 2 heterocycles. The minimum absolute atomic E-state index is 0.0365. The van der Waals surface area contributed by atoms with E-state index in [1.54, 1.807) is 64.3 Å². The van der Waals surface area contributed by atoms with Gasteiger partial charge in [-0.2, -0.15) is 0 Å². The Balaban J connectivity index is 0.000000270. The Labute approximate surface area is 298 Å². The van der Waals surface area contributed by atoms with Crippen molar-refractivity contribution in [1.29, 1.82) is 0 Å². The summed E-state index contributed by atoms with van der Waals surface area (Å²) in [4.78, 5) is 53.7. The molecule has 2 aromatic rings. The molecular formula is C40H56N4O6. The summed E-state index contributed by atoms with van der Waals surface area (Å²) in [6.45, 7) is 11.6. The zero-order valence-corrected chi connectivity index (χ0v) is 31.0. The molecule has 272 valence electrons. The lowest BCUT2D eigenvalue weighted by Crippen LogP contribution is -2.48. The number of hydrogen-bond acceptors (Lipinski definition) is 6. The molecule has 0 saturated heterocycles. The van der Waals surface area contributed by atoms with Crippen LogP contribution in [0.25, 0.3) is 0 Å². The van der Waals surface area contributed by atoms with Gasteiger partial charge in [-0.3, -0.25) is 19.2 Å². The fraction of sp³-hybridized carbons (Fsp3) is 0.500. The van der Waals surface area contributed by atoms with Crippen molar-refractivity contribution in [3.8, 4) is 11.5 Å². The first kappa shape index (κ1) is 39.8. The van der Waals surface area contributed by atoms with Gasteiger partial charge in [0, 0.05) is 39.0 Å². The number of carbonyl (C=O) groups excluding carboxylic acids is 4. The van der Waals surface area contributed by atoms with Crippen LogP contribution >= 0.6 is 0 Å². The van der Waals surface area contributed by atoms with Crippen LogP contribution in [0.4, 0.5) is 0 Å². The number of rotatable bonds is 2. The number of para-hydroxylation sites is 2. The molecule has 2 aliphatic rings. The largest absolute Gasteiger partial charge is 0.490 e. The standard InChI is InChI=1S/2C20H28N2O3/c2*1-5-16-11-7-6-10-14(2)25-18-13-9-8-12-17(18)20(24)22(4)15(3)19(23)21-16/h2*6-9,12-16H,5,10-11H2,1-4H3,(H,21,23)/b7-6+;7-6-/t2*14-,15+,16-/m11/s1. The van der Waals surface area contributed by atoms with Crippen molar-refractivity contribution in [2.45, 2.75) is 116 Å². The average Bonchev–Trinajstić information content (AvgIpc) is 3.12. The third-order valence-corrected chi connectivity index (χ3v) is 9.24. The first-order valence-electron chi connectivity index (χ1n) is 17.8. The van der Waals surface area contributed by atoms with E-state index in [0.29, 0.717) is 22.6 Å². The second-order valence-corrected chi connectivity index (χ2v) is 13.1. The predicted octanol–water partition coefficient (Wildman–Crippen LogP) is 6.32. The number of likely N-dealkylation sites (N-methyl/N-ethyl adjacent to an activating group) is 2. The van der Waals surface area contributed by atoms with Crippen LogP contribution < -0.4 is 20.1 Å². The molecule has 4 rings (SSSR count). The summed E-state index contributed by atoms with van der Waals surface area (Å²) in [5.41, 5.74) is 0.953. The van der Waals surface area contributed by atoms with E-state index in [1.807, 2.05) is 39.8 Å². The normalized spacial score (nSPS) is 26.9. The highest BCUT2D eigenvalue weighted by Gasteiger charge is 2.28. The van der Waals surface area contributed by atoms with Crippen LogP contribution in [0.5, 0.6) is 11.5 Å². The van der Waals surface area contributed by atoms with Gasteiger partial charge in [0.2, 0.25) is 11.8 Å². The monoisotopic (exact) mass is 688 g/mol. The number of fused-ring (bicyclic) bond motifs is 2. The van der Waals surface area contributed by atoms with Gasteiger partial charge in [-0.1, -0.05) is 62.4 Å². The van der Waals surface area contributed by atoms with E-state index < -0.39 is 12.1 Å². The van der Waals surface area contributed by atoms with Crippen LogP contribution in [0, 0.1) is 0 Å². The summed E-state index contributed by atoms with van der Waals surface area (Å²) in [5.74, 6) is 0.393. The second kappa shape index (κ2) is 19.6. The molecule has 2 aliphatic heterocycles. The molecule has 4 amide bonds. The zero-order chi connectivity index (χ0) is 36.8. The molecule has 2 aromatic carbocycles. The Morgan fingerprint density at radius 1 is 0.580 bits per heavy atom. The van der Waals surface area contributed by atoms with Crippen molar-refractivity contribution in [3.05, 3.63) is 84.0 Å². The molecular weight excluding hydrogens is 632 g/mol. The predicted molar refractivity (Wildman–Crippen MR) is 197 cm³/mol. The van der Waals surface area contributed by atoms with Crippen molar-refractivity contribution in [1.82, 2.24) is 20.4 Å². The number of nitrogens with zero attached hydrogens (tertiary/aromatic N) is 2. The van der Waals surface area contributed by atoms with Crippen molar-refractivity contribution >= 4 is 23.6 Å². The number of amides is 4. The molecule has 0 radical (unpaired) electrons. The zero-order valence-electron chi connectivity index (χ0n) is 31.0. The fourth-order valence-corrected chi connectivity index (χ4v) is 5.50. The van der Waals surface area contributed by atoms with Crippen LogP contribution in [-0.2, 0) is 9.59 Å². The van der Waals surface area contributed by atoms with Gasteiger partial charge in [0.05, 0.1) is 23.3 Å². The molecule has 6 atom stereocenters. The van der Waals surface area contributed by atoms with Gasteiger partial charge in [0.15, 0.2) is 0 Å². The summed E-state index contributed by atoms with van der Waals surface area (Å²) in [6.07, 6.45) is 13.0. The lowest BCUT2D eigenvalue weighted by Gasteiger charge is -2.27. The van der Waals surface area contributed by atoms with Gasteiger partial charge in [-0.05, 0) is 77.6 Å². The molecule has 0 spiro atoms. The number of ether oxygens (including phenoxy) is 2. The highest BCUT2D eigenvalue weighted by Crippen LogP contribution is 2.24. The first-order chi connectivity index (χ1) is 23.9. The van der Waals surface area contributed by atoms with E-state index in [4.69, 9.17) is 9.47 Å². The lowest BCUT2D eigenvalue weighted by atomic mass is 10.1. The van der Waals surface area contributed by atoms with Crippen LogP contribution in [0.3, 0.4) is 0 Å². The van der Waals surface area contributed by atoms with Gasteiger partial charge in [-0.25, -0.2) is 0 Å².